The van der Waals surface area contributed by atoms with Crippen LogP contribution in [0.15, 0.2) is 24.3 Å². The van der Waals surface area contributed by atoms with Crippen LogP contribution in [0.25, 0.3) is 0 Å². The molecule has 1 aromatic carbocycles. The van der Waals surface area contributed by atoms with Crippen molar-refractivity contribution in [3.63, 3.8) is 0 Å². The van der Waals surface area contributed by atoms with Gasteiger partial charge in [-0.2, -0.15) is 0 Å². The molecule has 2 nitrogen and oxygen atoms in total. The van der Waals surface area contributed by atoms with E-state index in [1.807, 2.05) is 24.3 Å². The van der Waals surface area contributed by atoms with E-state index in [0.717, 1.165) is 11.3 Å². The molecule has 0 unspecified atom stereocenters. The Kier molecular flexibility index (Phi) is 3.87. The van der Waals surface area contributed by atoms with E-state index >= 15 is 0 Å². The first-order valence-corrected chi connectivity index (χ1v) is 4.01. The summed E-state index contributed by atoms with van der Waals surface area (Å²) in [5, 5.41) is 0. The first-order chi connectivity index (χ1) is 6.36. The molecule has 0 atom stereocenters. The number of methoxy groups -OCH3 is 1. The molecule has 1 rings (SSSR count). The standard InChI is InChI=1S/C11H12O2/c1-3-7-13-9-10-5-4-6-11(8-10)12-2/h1,4-6,8H,7,9H2,2H3. The highest BCUT2D eigenvalue weighted by Gasteiger charge is 1.94. The molecule has 0 amide bonds. The predicted molar refractivity (Wildman–Crippen MR) is 51.5 cm³/mol. The maximum Gasteiger partial charge on any atom is 0.119 e. The van der Waals surface area contributed by atoms with Gasteiger partial charge < -0.3 is 9.47 Å². The average Bonchev–Trinajstić information content (AvgIpc) is 2.19. The van der Waals surface area contributed by atoms with Crippen LogP contribution >= 0.6 is 0 Å². The number of ether oxygens (including phenoxy) is 2. The van der Waals surface area contributed by atoms with Crippen LogP contribution in [0.2, 0.25) is 0 Å². The SMILES string of the molecule is C#CCOCc1cccc(OC)c1. The molecular weight excluding hydrogens is 164 g/mol. The lowest BCUT2D eigenvalue weighted by Gasteiger charge is -2.03. The van der Waals surface area contributed by atoms with Gasteiger partial charge in [-0.25, -0.2) is 0 Å². The van der Waals surface area contributed by atoms with Crippen LogP contribution in [0.5, 0.6) is 5.75 Å². The summed E-state index contributed by atoms with van der Waals surface area (Å²) >= 11 is 0. The molecular formula is C11H12O2. The minimum atomic E-state index is 0.344. The Hall–Kier alpha value is -1.46. The second-order valence-corrected chi connectivity index (χ2v) is 2.55. The summed E-state index contributed by atoms with van der Waals surface area (Å²) in [6, 6.07) is 7.72. The molecule has 0 N–H and O–H groups in total. The van der Waals surface area contributed by atoms with Gasteiger partial charge in [-0.1, -0.05) is 18.1 Å². The third-order valence-corrected chi connectivity index (χ3v) is 1.59. The molecule has 0 aliphatic rings. The van der Waals surface area contributed by atoms with E-state index in [2.05, 4.69) is 5.92 Å². The lowest BCUT2D eigenvalue weighted by atomic mass is 10.2. The minimum absolute atomic E-state index is 0.344. The van der Waals surface area contributed by atoms with Gasteiger partial charge in [0, 0.05) is 0 Å². The lowest BCUT2D eigenvalue weighted by Crippen LogP contribution is -1.93. The maximum atomic E-state index is 5.18. The Morgan fingerprint density at radius 2 is 2.31 bits per heavy atom. The molecule has 2 heteroatoms. The van der Waals surface area contributed by atoms with Gasteiger partial charge in [0.1, 0.15) is 12.4 Å². The van der Waals surface area contributed by atoms with Crippen molar-refractivity contribution in [2.45, 2.75) is 6.61 Å². The fourth-order valence-electron chi connectivity index (χ4n) is 0.990. The number of terminal acetylenes is 1. The zero-order valence-electron chi connectivity index (χ0n) is 7.62. The highest BCUT2D eigenvalue weighted by molar-refractivity contribution is 5.27. The second-order valence-electron chi connectivity index (χ2n) is 2.55. The topological polar surface area (TPSA) is 18.5 Å². The van der Waals surface area contributed by atoms with Crippen molar-refractivity contribution in [1.82, 2.24) is 0 Å². The Labute approximate surface area is 78.5 Å². The number of rotatable bonds is 4. The van der Waals surface area contributed by atoms with E-state index in [1.165, 1.54) is 0 Å². The van der Waals surface area contributed by atoms with Crippen LogP contribution in [-0.4, -0.2) is 13.7 Å². The van der Waals surface area contributed by atoms with E-state index < -0.39 is 0 Å². The van der Waals surface area contributed by atoms with Crippen molar-refractivity contribution in [3.8, 4) is 18.1 Å². The zero-order valence-corrected chi connectivity index (χ0v) is 7.62. The summed E-state index contributed by atoms with van der Waals surface area (Å²) in [5.74, 6) is 3.25. The van der Waals surface area contributed by atoms with Gasteiger partial charge in [0.2, 0.25) is 0 Å². The fourth-order valence-corrected chi connectivity index (χ4v) is 0.990. The van der Waals surface area contributed by atoms with Gasteiger partial charge in [0.25, 0.3) is 0 Å². The largest absolute Gasteiger partial charge is 0.497 e. The van der Waals surface area contributed by atoms with E-state index in [9.17, 15) is 0 Å². The molecule has 0 aliphatic heterocycles. The summed E-state index contributed by atoms with van der Waals surface area (Å²) in [6.45, 7) is 0.874. The van der Waals surface area contributed by atoms with Crippen molar-refractivity contribution in [2.24, 2.45) is 0 Å². The highest BCUT2D eigenvalue weighted by atomic mass is 16.5. The molecule has 0 saturated carbocycles. The molecule has 13 heavy (non-hydrogen) atoms. The van der Waals surface area contributed by atoms with E-state index in [0.29, 0.717) is 13.2 Å². The Balaban J connectivity index is 2.52. The van der Waals surface area contributed by atoms with Crippen LogP contribution < -0.4 is 4.74 Å². The van der Waals surface area contributed by atoms with Crippen LogP contribution in [0.1, 0.15) is 5.56 Å². The first kappa shape index (κ1) is 9.63. The van der Waals surface area contributed by atoms with Crippen LogP contribution in [0.3, 0.4) is 0 Å². The molecule has 0 saturated heterocycles. The lowest BCUT2D eigenvalue weighted by molar-refractivity contribution is 0.153. The third kappa shape index (κ3) is 3.18. The molecule has 0 aromatic heterocycles. The van der Waals surface area contributed by atoms with E-state index in [-0.39, 0.29) is 0 Å². The van der Waals surface area contributed by atoms with Crippen molar-refractivity contribution >= 4 is 0 Å². The molecule has 0 fully saturated rings. The number of hydrogen-bond donors (Lipinski definition) is 0. The van der Waals surface area contributed by atoms with Gasteiger partial charge in [-0.3, -0.25) is 0 Å². The Bertz CT molecular complexity index is 299. The zero-order chi connectivity index (χ0) is 9.52. The van der Waals surface area contributed by atoms with Gasteiger partial charge in [0.15, 0.2) is 0 Å². The maximum absolute atomic E-state index is 5.18. The van der Waals surface area contributed by atoms with Crippen molar-refractivity contribution in [1.29, 1.82) is 0 Å². The predicted octanol–water partition coefficient (Wildman–Crippen LogP) is 1.84. The smallest absolute Gasteiger partial charge is 0.119 e. The number of hydrogen-bond acceptors (Lipinski definition) is 2. The molecule has 1 aromatic rings. The van der Waals surface area contributed by atoms with Gasteiger partial charge in [-0.15, -0.1) is 6.42 Å². The van der Waals surface area contributed by atoms with Gasteiger partial charge in [-0.05, 0) is 17.7 Å². The van der Waals surface area contributed by atoms with Crippen molar-refractivity contribution in [3.05, 3.63) is 29.8 Å². The molecule has 68 valence electrons. The normalized spacial score (nSPS) is 9.23. The van der Waals surface area contributed by atoms with Gasteiger partial charge in [0.05, 0.1) is 13.7 Å². The summed E-state index contributed by atoms with van der Waals surface area (Å²) in [5.41, 5.74) is 1.06. The summed E-state index contributed by atoms with van der Waals surface area (Å²) in [6.07, 6.45) is 5.05. The van der Waals surface area contributed by atoms with Crippen molar-refractivity contribution < 1.29 is 9.47 Å². The first-order valence-electron chi connectivity index (χ1n) is 4.01. The molecule has 0 spiro atoms. The summed E-state index contributed by atoms with van der Waals surface area (Å²) in [4.78, 5) is 0. The van der Waals surface area contributed by atoms with Crippen LogP contribution in [0.4, 0.5) is 0 Å². The van der Waals surface area contributed by atoms with Crippen LogP contribution in [0, 0.1) is 12.3 Å². The number of benzene rings is 1. The van der Waals surface area contributed by atoms with Gasteiger partial charge >= 0.3 is 0 Å². The fraction of sp³-hybridized carbons (Fsp3) is 0.273. The molecule has 0 bridgehead atoms. The van der Waals surface area contributed by atoms with Crippen LogP contribution in [-0.2, 0) is 11.3 Å². The highest BCUT2D eigenvalue weighted by Crippen LogP contribution is 2.12. The minimum Gasteiger partial charge on any atom is -0.497 e. The van der Waals surface area contributed by atoms with E-state index in [4.69, 9.17) is 15.9 Å². The molecule has 0 radical (unpaired) electrons. The summed E-state index contributed by atoms with van der Waals surface area (Å²) < 4.78 is 10.2. The third-order valence-electron chi connectivity index (χ3n) is 1.59. The second kappa shape index (κ2) is 5.23. The quantitative estimate of drug-likeness (QED) is 0.515. The summed E-state index contributed by atoms with van der Waals surface area (Å²) in [7, 11) is 1.64. The van der Waals surface area contributed by atoms with E-state index in [1.54, 1.807) is 7.11 Å². The molecule has 0 heterocycles. The molecule has 0 aliphatic carbocycles. The average molecular weight is 176 g/mol. The Morgan fingerprint density at radius 1 is 1.46 bits per heavy atom. The monoisotopic (exact) mass is 176 g/mol. The van der Waals surface area contributed by atoms with Crippen molar-refractivity contribution in [2.75, 3.05) is 13.7 Å². The Morgan fingerprint density at radius 3 is 3.00 bits per heavy atom.